The molecule has 3 aromatic carbocycles. The van der Waals surface area contributed by atoms with Crippen LogP contribution in [-0.2, 0) is 9.53 Å². The zero-order chi connectivity index (χ0) is 16.9. The number of benzene rings is 3. The summed E-state index contributed by atoms with van der Waals surface area (Å²) in [5.41, 5.74) is 1.75. The second-order valence-corrected chi connectivity index (χ2v) is 6.36. The van der Waals surface area contributed by atoms with Crippen LogP contribution in [0.4, 0.5) is 5.69 Å². The summed E-state index contributed by atoms with van der Waals surface area (Å²) in [6, 6.07) is 21.3. The van der Waals surface area contributed by atoms with Gasteiger partial charge in [-0.2, -0.15) is 0 Å². The van der Waals surface area contributed by atoms with Crippen LogP contribution >= 0.6 is 15.9 Å². The zero-order valence-electron chi connectivity index (χ0n) is 13.3. The first-order valence-electron chi connectivity index (χ1n) is 7.85. The number of anilines is 1. The Hall–Kier alpha value is -2.33. The van der Waals surface area contributed by atoms with Crippen LogP contribution in [0.3, 0.4) is 0 Å². The van der Waals surface area contributed by atoms with E-state index in [0.717, 1.165) is 26.5 Å². The van der Waals surface area contributed by atoms with Gasteiger partial charge in [0.2, 0.25) is 0 Å². The van der Waals surface area contributed by atoms with Crippen molar-refractivity contribution in [2.24, 2.45) is 0 Å². The van der Waals surface area contributed by atoms with Gasteiger partial charge in [-0.15, -0.1) is 0 Å². The molecule has 0 spiro atoms. The summed E-state index contributed by atoms with van der Waals surface area (Å²) in [4.78, 5) is 12.5. The van der Waals surface area contributed by atoms with E-state index in [-0.39, 0.29) is 5.97 Å². The molecular formula is C20H18BrNO2. The Morgan fingerprint density at radius 3 is 2.46 bits per heavy atom. The lowest BCUT2D eigenvalue weighted by molar-refractivity contribution is -0.144. The smallest absolute Gasteiger partial charge is 0.333 e. The highest BCUT2D eigenvalue weighted by Gasteiger charge is 2.22. The van der Waals surface area contributed by atoms with Gasteiger partial charge in [-0.3, -0.25) is 0 Å². The minimum absolute atomic E-state index is 0.282. The van der Waals surface area contributed by atoms with Gasteiger partial charge in [0.05, 0.1) is 6.61 Å². The van der Waals surface area contributed by atoms with Gasteiger partial charge in [0.1, 0.15) is 0 Å². The van der Waals surface area contributed by atoms with E-state index in [1.807, 2.05) is 67.6 Å². The number of halogens is 1. The molecule has 0 bridgehead atoms. The maximum absolute atomic E-state index is 12.5. The number of rotatable bonds is 5. The van der Waals surface area contributed by atoms with Crippen LogP contribution in [0.15, 0.2) is 71.2 Å². The average Bonchev–Trinajstić information content (AvgIpc) is 2.61. The summed E-state index contributed by atoms with van der Waals surface area (Å²) in [5, 5.41) is 5.52. The molecule has 3 rings (SSSR count). The molecule has 0 aliphatic heterocycles. The maximum atomic E-state index is 12.5. The van der Waals surface area contributed by atoms with Gasteiger partial charge in [-0.25, -0.2) is 4.79 Å². The van der Waals surface area contributed by atoms with Crippen LogP contribution in [0.25, 0.3) is 10.8 Å². The molecule has 0 aromatic heterocycles. The zero-order valence-corrected chi connectivity index (χ0v) is 14.9. The number of esters is 1. The summed E-state index contributed by atoms with van der Waals surface area (Å²) in [6.45, 7) is 2.17. The Morgan fingerprint density at radius 2 is 1.75 bits per heavy atom. The van der Waals surface area contributed by atoms with Gasteiger partial charge in [0, 0.05) is 10.2 Å². The summed E-state index contributed by atoms with van der Waals surface area (Å²) >= 11 is 3.42. The van der Waals surface area contributed by atoms with Crippen LogP contribution in [-0.4, -0.2) is 12.6 Å². The first-order valence-corrected chi connectivity index (χ1v) is 8.64. The number of hydrogen-bond donors (Lipinski definition) is 1. The van der Waals surface area contributed by atoms with E-state index in [2.05, 4.69) is 27.3 Å². The van der Waals surface area contributed by atoms with Crippen molar-refractivity contribution >= 4 is 38.4 Å². The molecule has 0 saturated carbocycles. The molecule has 1 atom stereocenters. The van der Waals surface area contributed by atoms with Crippen molar-refractivity contribution in [3.8, 4) is 0 Å². The highest BCUT2D eigenvalue weighted by molar-refractivity contribution is 9.10. The molecule has 0 saturated heterocycles. The normalized spacial score (nSPS) is 11.9. The predicted octanol–water partition coefficient (Wildman–Crippen LogP) is 5.32. The fraction of sp³-hybridized carbons (Fsp3) is 0.150. The largest absolute Gasteiger partial charge is 0.464 e. The van der Waals surface area contributed by atoms with Gasteiger partial charge >= 0.3 is 5.97 Å². The third kappa shape index (κ3) is 3.77. The predicted molar refractivity (Wildman–Crippen MR) is 101 cm³/mol. The molecule has 0 amide bonds. The first kappa shape index (κ1) is 16.5. The minimum atomic E-state index is -0.546. The topological polar surface area (TPSA) is 38.3 Å². The lowest BCUT2D eigenvalue weighted by Crippen LogP contribution is -2.23. The fourth-order valence-corrected chi connectivity index (χ4v) is 2.87. The lowest BCUT2D eigenvalue weighted by Gasteiger charge is -2.19. The third-order valence-corrected chi connectivity index (χ3v) is 4.31. The molecule has 3 aromatic rings. The van der Waals surface area contributed by atoms with E-state index in [1.165, 1.54) is 0 Å². The monoisotopic (exact) mass is 383 g/mol. The first-order chi connectivity index (χ1) is 11.7. The Balaban J connectivity index is 1.95. The molecule has 3 nitrogen and oxygen atoms in total. The van der Waals surface area contributed by atoms with Gasteiger partial charge in [-0.1, -0.05) is 52.3 Å². The number of nitrogens with one attached hydrogen (secondary N) is 1. The van der Waals surface area contributed by atoms with Crippen molar-refractivity contribution in [2.45, 2.75) is 13.0 Å². The lowest BCUT2D eigenvalue weighted by atomic mass is 10.0. The van der Waals surface area contributed by atoms with E-state index >= 15 is 0 Å². The highest BCUT2D eigenvalue weighted by atomic mass is 79.9. The van der Waals surface area contributed by atoms with Gasteiger partial charge < -0.3 is 10.1 Å². The summed E-state index contributed by atoms with van der Waals surface area (Å²) < 4.78 is 6.25. The average molecular weight is 384 g/mol. The van der Waals surface area contributed by atoms with Crippen LogP contribution in [0, 0.1) is 0 Å². The number of carbonyl (C=O) groups excluding carboxylic acids is 1. The van der Waals surface area contributed by atoms with Gasteiger partial charge in [-0.05, 0) is 53.6 Å². The van der Waals surface area contributed by atoms with Crippen LogP contribution in [0.1, 0.15) is 18.5 Å². The summed E-state index contributed by atoms with van der Waals surface area (Å²) in [5.74, 6) is -0.282. The minimum Gasteiger partial charge on any atom is -0.464 e. The summed E-state index contributed by atoms with van der Waals surface area (Å²) in [7, 11) is 0. The molecule has 4 heteroatoms. The second-order valence-electron chi connectivity index (χ2n) is 5.44. The highest BCUT2D eigenvalue weighted by Crippen LogP contribution is 2.25. The number of fused-ring (bicyclic) bond motifs is 1. The van der Waals surface area contributed by atoms with Gasteiger partial charge in [0.25, 0.3) is 0 Å². The van der Waals surface area contributed by atoms with Gasteiger partial charge in [0.15, 0.2) is 6.04 Å². The third-order valence-electron chi connectivity index (χ3n) is 3.78. The summed E-state index contributed by atoms with van der Waals surface area (Å²) in [6.07, 6.45) is 0. The molecule has 0 aliphatic carbocycles. The molecule has 0 radical (unpaired) electrons. The standard InChI is InChI=1S/C20H18BrNO2/c1-2-24-20(23)19(22-18-11-9-17(21)10-12-18)16-8-7-14-5-3-4-6-15(14)13-16/h3-13,19,22H,2H2,1H3/t19-/m0/s1. The van der Waals surface area contributed by atoms with Crippen LogP contribution in [0.2, 0.25) is 0 Å². The number of carbonyl (C=O) groups is 1. The van der Waals surface area contributed by atoms with Crippen molar-refractivity contribution in [3.63, 3.8) is 0 Å². The second kappa shape index (κ2) is 7.49. The van der Waals surface area contributed by atoms with Crippen molar-refractivity contribution < 1.29 is 9.53 Å². The van der Waals surface area contributed by atoms with E-state index in [1.54, 1.807) is 0 Å². The van der Waals surface area contributed by atoms with Crippen LogP contribution in [0.5, 0.6) is 0 Å². The molecular weight excluding hydrogens is 366 g/mol. The van der Waals surface area contributed by atoms with E-state index in [0.29, 0.717) is 6.61 Å². The molecule has 0 unspecified atom stereocenters. The van der Waals surface area contributed by atoms with Crippen molar-refractivity contribution in [3.05, 3.63) is 76.8 Å². The fourth-order valence-electron chi connectivity index (χ4n) is 2.60. The quantitative estimate of drug-likeness (QED) is 0.606. The molecule has 0 fully saturated rings. The van der Waals surface area contributed by atoms with Crippen LogP contribution < -0.4 is 5.32 Å². The van der Waals surface area contributed by atoms with E-state index in [9.17, 15) is 4.79 Å². The maximum Gasteiger partial charge on any atom is 0.333 e. The van der Waals surface area contributed by atoms with E-state index in [4.69, 9.17) is 4.74 Å². The number of ether oxygens (including phenoxy) is 1. The van der Waals surface area contributed by atoms with Crippen molar-refractivity contribution in [2.75, 3.05) is 11.9 Å². The SMILES string of the molecule is CCOC(=O)[C@@H](Nc1ccc(Br)cc1)c1ccc2ccccc2c1. The Labute approximate surface area is 149 Å². The van der Waals surface area contributed by atoms with E-state index < -0.39 is 6.04 Å². The van der Waals surface area contributed by atoms with Crippen molar-refractivity contribution in [1.29, 1.82) is 0 Å². The Morgan fingerprint density at radius 1 is 1.04 bits per heavy atom. The molecule has 122 valence electrons. The Kier molecular flexibility index (Phi) is 5.16. The number of hydrogen-bond acceptors (Lipinski definition) is 3. The molecule has 0 aliphatic rings. The molecule has 1 N–H and O–H groups in total. The van der Waals surface area contributed by atoms with Crippen molar-refractivity contribution in [1.82, 2.24) is 0 Å². The molecule has 24 heavy (non-hydrogen) atoms. The molecule has 0 heterocycles. The Bertz CT molecular complexity index is 846.